The molecule has 0 spiro atoms. The molecule has 0 saturated heterocycles. The molecule has 3 N–H and O–H groups in total. The van der Waals surface area contributed by atoms with Crippen LogP contribution in [0.3, 0.4) is 0 Å². The summed E-state index contributed by atoms with van der Waals surface area (Å²) in [4.78, 5) is 25.1. The van der Waals surface area contributed by atoms with Crippen molar-refractivity contribution >= 4 is 33.4 Å². The Labute approximate surface area is 236 Å². The second-order valence-electron chi connectivity index (χ2n) is 10.9. The Morgan fingerprint density at radius 2 is 1.76 bits per heavy atom. The quantitative estimate of drug-likeness (QED) is 0.199. The molecule has 4 aromatic heterocycles. The van der Waals surface area contributed by atoms with E-state index in [0.29, 0.717) is 29.3 Å². The van der Waals surface area contributed by atoms with E-state index in [1.807, 2.05) is 36.4 Å². The van der Waals surface area contributed by atoms with Gasteiger partial charge in [-0.05, 0) is 66.8 Å². The summed E-state index contributed by atoms with van der Waals surface area (Å²) in [6.07, 6.45) is 11.8. The van der Waals surface area contributed by atoms with Crippen LogP contribution in [-0.4, -0.2) is 31.1 Å². The van der Waals surface area contributed by atoms with E-state index in [0.717, 1.165) is 57.2 Å². The minimum Gasteiger partial charge on any atom is -0.353 e. The van der Waals surface area contributed by atoms with Gasteiger partial charge in [-0.1, -0.05) is 37.5 Å². The Morgan fingerprint density at radius 1 is 0.878 bits per heavy atom. The van der Waals surface area contributed by atoms with E-state index in [1.54, 1.807) is 24.7 Å². The van der Waals surface area contributed by atoms with E-state index in [9.17, 15) is 9.18 Å². The van der Waals surface area contributed by atoms with Crippen molar-refractivity contribution in [2.75, 3.05) is 5.32 Å². The molecule has 4 heterocycles. The van der Waals surface area contributed by atoms with Crippen molar-refractivity contribution in [2.24, 2.45) is 5.92 Å². The predicted octanol–water partition coefficient (Wildman–Crippen LogP) is 7.88. The first kappa shape index (κ1) is 25.1. The third-order valence-corrected chi connectivity index (χ3v) is 8.02. The largest absolute Gasteiger partial charge is 0.353 e. The summed E-state index contributed by atoms with van der Waals surface area (Å²) in [6, 6.07) is 18.4. The first-order valence-electron chi connectivity index (χ1n) is 14.1. The Morgan fingerprint density at radius 3 is 2.63 bits per heavy atom. The number of fused-ring (bicyclic) bond motifs is 2. The molecule has 8 heteroatoms. The van der Waals surface area contributed by atoms with Crippen molar-refractivity contribution in [1.82, 2.24) is 25.1 Å². The second-order valence-corrected chi connectivity index (χ2v) is 10.9. The number of nitrogens with one attached hydrogen (secondary N) is 3. The molecular weight excluding hydrogens is 515 g/mol. The number of hydrogen-bond donors (Lipinski definition) is 3. The Kier molecular flexibility index (Phi) is 6.51. The molecule has 7 rings (SSSR count). The zero-order valence-electron chi connectivity index (χ0n) is 22.5. The Balaban J connectivity index is 1.19. The van der Waals surface area contributed by atoms with Gasteiger partial charge in [0.2, 0.25) is 5.91 Å². The molecule has 1 saturated carbocycles. The molecule has 204 valence electrons. The number of pyridine rings is 2. The summed E-state index contributed by atoms with van der Waals surface area (Å²) < 4.78 is 13.9. The fraction of sp³-hybridized carbons (Fsp3) is 0.212. The number of anilines is 1. The van der Waals surface area contributed by atoms with Gasteiger partial charge in [0.25, 0.3) is 0 Å². The molecule has 7 nitrogen and oxygen atoms in total. The van der Waals surface area contributed by atoms with Gasteiger partial charge in [0, 0.05) is 46.2 Å². The first-order valence-corrected chi connectivity index (χ1v) is 14.1. The molecule has 0 unspecified atom stereocenters. The fourth-order valence-electron chi connectivity index (χ4n) is 5.98. The van der Waals surface area contributed by atoms with Gasteiger partial charge in [-0.25, -0.2) is 4.39 Å². The average molecular weight is 545 g/mol. The van der Waals surface area contributed by atoms with Crippen LogP contribution in [0.15, 0.2) is 79.3 Å². The highest BCUT2D eigenvalue weighted by Crippen LogP contribution is 2.35. The highest BCUT2D eigenvalue weighted by atomic mass is 19.1. The van der Waals surface area contributed by atoms with Gasteiger partial charge in [-0.3, -0.25) is 19.9 Å². The summed E-state index contributed by atoms with van der Waals surface area (Å²) >= 11 is 0. The monoisotopic (exact) mass is 544 g/mol. The third kappa shape index (κ3) is 5.09. The Bertz CT molecular complexity index is 1880. The number of aromatic nitrogens is 5. The lowest BCUT2D eigenvalue weighted by Gasteiger charge is -2.20. The van der Waals surface area contributed by atoms with E-state index in [2.05, 4.69) is 36.5 Å². The van der Waals surface area contributed by atoms with Gasteiger partial charge in [-0.15, -0.1) is 0 Å². The number of carbonyl (C=O) groups is 1. The molecule has 0 radical (unpaired) electrons. The van der Waals surface area contributed by atoms with E-state index in [-0.39, 0.29) is 11.7 Å². The van der Waals surface area contributed by atoms with E-state index in [1.165, 1.54) is 31.4 Å². The average Bonchev–Trinajstić information content (AvgIpc) is 3.61. The van der Waals surface area contributed by atoms with Gasteiger partial charge < -0.3 is 10.3 Å². The number of halogens is 1. The molecule has 41 heavy (non-hydrogen) atoms. The lowest BCUT2D eigenvalue weighted by Crippen LogP contribution is -2.18. The van der Waals surface area contributed by atoms with Crippen LogP contribution in [0.4, 0.5) is 10.1 Å². The molecule has 1 fully saturated rings. The number of carbonyl (C=O) groups excluding carboxylic acids is 1. The maximum absolute atomic E-state index is 13.9. The van der Waals surface area contributed by atoms with E-state index < -0.39 is 0 Å². The molecule has 6 aromatic rings. The number of benzene rings is 2. The van der Waals surface area contributed by atoms with Crippen LogP contribution in [0.25, 0.3) is 55.6 Å². The van der Waals surface area contributed by atoms with Crippen LogP contribution in [0, 0.1) is 11.7 Å². The molecule has 1 amide bonds. The van der Waals surface area contributed by atoms with Crippen LogP contribution in [0.1, 0.15) is 38.5 Å². The summed E-state index contributed by atoms with van der Waals surface area (Å²) in [5.41, 5.74) is 7.39. The zero-order chi connectivity index (χ0) is 27.8. The summed E-state index contributed by atoms with van der Waals surface area (Å²) in [5.74, 6) is 0.228. The maximum atomic E-state index is 13.9. The number of H-pyrrole nitrogens is 2. The lowest BCUT2D eigenvalue weighted by molar-refractivity contribution is -0.117. The smallest absolute Gasteiger partial charge is 0.224 e. The molecule has 2 aromatic carbocycles. The topological polar surface area (TPSA) is 99.3 Å². The van der Waals surface area contributed by atoms with Crippen LogP contribution in [0.2, 0.25) is 0 Å². The minimum absolute atomic E-state index is 0.0503. The number of hydrogen-bond acceptors (Lipinski definition) is 4. The number of aromatic amines is 2. The van der Waals surface area contributed by atoms with Crippen LogP contribution in [-0.2, 0) is 4.79 Å². The normalized spacial score (nSPS) is 14.1. The fourth-order valence-corrected chi connectivity index (χ4v) is 5.98. The van der Waals surface area contributed by atoms with E-state index in [4.69, 9.17) is 0 Å². The predicted molar refractivity (Wildman–Crippen MR) is 160 cm³/mol. The number of rotatable bonds is 6. The second kappa shape index (κ2) is 10.6. The van der Waals surface area contributed by atoms with Gasteiger partial charge in [-0.2, -0.15) is 5.10 Å². The first-order chi connectivity index (χ1) is 20.1. The van der Waals surface area contributed by atoms with Crippen LogP contribution >= 0.6 is 0 Å². The molecular formula is C33H29FN6O. The van der Waals surface area contributed by atoms with E-state index >= 15 is 0 Å². The third-order valence-electron chi connectivity index (χ3n) is 8.02. The molecule has 0 bridgehead atoms. The van der Waals surface area contributed by atoms with Gasteiger partial charge in [0.15, 0.2) is 0 Å². The summed E-state index contributed by atoms with van der Waals surface area (Å²) in [7, 11) is 0. The van der Waals surface area contributed by atoms with Crippen molar-refractivity contribution in [2.45, 2.75) is 38.5 Å². The van der Waals surface area contributed by atoms with Gasteiger partial charge in [0.1, 0.15) is 11.5 Å². The van der Waals surface area contributed by atoms with Crippen molar-refractivity contribution in [3.63, 3.8) is 0 Å². The van der Waals surface area contributed by atoms with Crippen molar-refractivity contribution in [3.8, 4) is 33.8 Å². The zero-order valence-corrected chi connectivity index (χ0v) is 22.5. The SMILES string of the molecule is O=C(CC1CCCCC1)Nc1cncc(-c2ccc3[nH]nc(-c4cc5c(-c6cccc(F)c6)nccc5[nH]4)c3c2)c1. The minimum atomic E-state index is -0.301. The highest BCUT2D eigenvalue weighted by Gasteiger charge is 2.18. The molecule has 0 atom stereocenters. The number of nitrogens with zero attached hydrogens (tertiary/aromatic N) is 3. The van der Waals surface area contributed by atoms with Gasteiger partial charge in [0.05, 0.1) is 28.8 Å². The molecule has 0 aliphatic heterocycles. The maximum Gasteiger partial charge on any atom is 0.224 e. The number of amides is 1. The molecule has 1 aliphatic carbocycles. The lowest BCUT2D eigenvalue weighted by atomic mass is 9.87. The van der Waals surface area contributed by atoms with Crippen molar-refractivity contribution in [1.29, 1.82) is 0 Å². The highest BCUT2D eigenvalue weighted by molar-refractivity contribution is 6.01. The summed E-state index contributed by atoms with van der Waals surface area (Å²) in [6.45, 7) is 0. The Hall–Kier alpha value is -4.85. The standard InChI is InChI=1S/C33H29FN6O/c34-24-8-4-7-22(14-24)32-27-17-30(38-28(27)11-12-36-32)33-26-16-21(9-10-29(26)39-40-33)23-15-25(19-35-18-23)37-31(41)13-20-5-2-1-3-6-20/h4,7-12,14-20,38H,1-3,5-6,13H2,(H,37,41)(H,39,40). The molecule has 1 aliphatic rings. The van der Waals surface area contributed by atoms with Crippen LogP contribution in [0.5, 0.6) is 0 Å². The van der Waals surface area contributed by atoms with Crippen molar-refractivity contribution in [3.05, 3.63) is 85.1 Å². The summed E-state index contributed by atoms with van der Waals surface area (Å²) in [5, 5.41) is 12.6. The van der Waals surface area contributed by atoms with Gasteiger partial charge >= 0.3 is 0 Å². The van der Waals surface area contributed by atoms with Crippen LogP contribution < -0.4 is 5.32 Å². The van der Waals surface area contributed by atoms with Crippen molar-refractivity contribution < 1.29 is 9.18 Å².